The molecule has 0 fully saturated rings. The lowest BCUT2D eigenvalue weighted by Gasteiger charge is -2.21. The van der Waals surface area contributed by atoms with Gasteiger partial charge in [0.25, 0.3) is 0 Å². The molecule has 3 aromatic rings. The molecule has 1 heterocycles. The number of aryl methyl sites for hydroxylation is 3. The van der Waals surface area contributed by atoms with Crippen LogP contribution in [-0.4, -0.2) is 15.9 Å². The van der Waals surface area contributed by atoms with Crippen LogP contribution < -0.4 is 11.1 Å². The van der Waals surface area contributed by atoms with Crippen LogP contribution in [0.3, 0.4) is 0 Å². The maximum atomic E-state index is 12.8. The summed E-state index contributed by atoms with van der Waals surface area (Å²) in [4.78, 5) is 22.7. The van der Waals surface area contributed by atoms with Crippen molar-refractivity contribution in [3.8, 4) is 11.3 Å². The van der Waals surface area contributed by atoms with Crippen LogP contribution in [0.1, 0.15) is 61.5 Å². The predicted molar refractivity (Wildman–Crippen MR) is 136 cm³/mol. The number of nitrogens with one attached hydrogen (secondary N) is 1. The minimum atomic E-state index is -0.0946. The highest BCUT2D eigenvalue weighted by Gasteiger charge is 2.22. The molecule has 2 aromatic carbocycles. The van der Waals surface area contributed by atoms with E-state index in [4.69, 9.17) is 27.3 Å². The van der Waals surface area contributed by atoms with E-state index >= 15 is 0 Å². The predicted octanol–water partition coefficient (Wildman–Crippen LogP) is 6.17. The smallest absolute Gasteiger partial charge is 0.229 e. The number of aromatic nitrogens is 2. The van der Waals surface area contributed by atoms with Crippen molar-refractivity contribution in [1.82, 2.24) is 9.97 Å². The van der Waals surface area contributed by atoms with Gasteiger partial charge in [-0.2, -0.15) is 0 Å². The van der Waals surface area contributed by atoms with Crippen LogP contribution in [0, 0.1) is 0 Å². The summed E-state index contributed by atoms with van der Waals surface area (Å²) >= 11 is 5.97. The first kappa shape index (κ1) is 23.2. The lowest BCUT2D eigenvalue weighted by molar-refractivity contribution is -0.115. The summed E-state index contributed by atoms with van der Waals surface area (Å²) in [6, 6.07) is 13.3. The second-order valence-electron chi connectivity index (χ2n) is 8.75. The molecule has 1 aromatic heterocycles. The van der Waals surface area contributed by atoms with E-state index in [9.17, 15) is 4.79 Å². The Morgan fingerprint density at radius 2 is 1.82 bits per heavy atom. The number of unbranched alkanes of at least 4 members (excludes halogenated alkanes) is 4. The minimum absolute atomic E-state index is 0.0946. The molecular weight excluding hydrogens is 432 g/mol. The zero-order valence-corrected chi connectivity index (χ0v) is 19.9. The molecule has 0 unspecified atom stereocenters. The number of rotatable bonds is 9. The van der Waals surface area contributed by atoms with Gasteiger partial charge in [-0.3, -0.25) is 4.79 Å². The Morgan fingerprint density at radius 1 is 1.03 bits per heavy atom. The van der Waals surface area contributed by atoms with Gasteiger partial charge < -0.3 is 11.1 Å². The van der Waals surface area contributed by atoms with Gasteiger partial charge in [-0.1, -0.05) is 62.4 Å². The van der Waals surface area contributed by atoms with Crippen LogP contribution >= 0.6 is 11.6 Å². The third-order valence-electron chi connectivity index (χ3n) is 6.11. The number of halogens is 1. The van der Waals surface area contributed by atoms with Crippen molar-refractivity contribution in [2.24, 2.45) is 0 Å². The number of benzene rings is 2. The average Bonchev–Trinajstić information content (AvgIpc) is 2.80. The van der Waals surface area contributed by atoms with Crippen molar-refractivity contribution in [1.29, 1.82) is 0 Å². The summed E-state index contributed by atoms with van der Waals surface area (Å²) in [5.41, 5.74) is 12.7. The Labute approximate surface area is 200 Å². The Morgan fingerprint density at radius 3 is 2.61 bits per heavy atom. The van der Waals surface area contributed by atoms with E-state index in [2.05, 4.69) is 12.2 Å². The van der Waals surface area contributed by atoms with Crippen molar-refractivity contribution in [3.63, 3.8) is 0 Å². The first-order chi connectivity index (χ1) is 16.0. The molecule has 0 aliphatic heterocycles. The summed E-state index contributed by atoms with van der Waals surface area (Å²) < 4.78 is 0. The summed E-state index contributed by atoms with van der Waals surface area (Å²) in [6.07, 6.45) is 8.58. The number of carbonyl (C=O) groups excluding carboxylic acids is 1. The van der Waals surface area contributed by atoms with E-state index in [-0.39, 0.29) is 12.3 Å². The van der Waals surface area contributed by atoms with Gasteiger partial charge in [0.15, 0.2) is 5.82 Å². The number of anilines is 2. The molecule has 5 nitrogen and oxygen atoms in total. The second-order valence-corrected chi connectivity index (χ2v) is 9.18. The lowest BCUT2D eigenvalue weighted by Crippen LogP contribution is -2.20. The van der Waals surface area contributed by atoms with Crippen molar-refractivity contribution >= 4 is 29.0 Å². The SMILES string of the molecule is CCCCCCCc1nc2c(nc1NC(=O)Cc1ccc(Cl)cc1)CCc1cc(N)ccc1-2. The van der Waals surface area contributed by atoms with E-state index in [1.807, 2.05) is 30.3 Å². The quantitative estimate of drug-likeness (QED) is 0.294. The highest BCUT2D eigenvalue weighted by molar-refractivity contribution is 6.30. The molecule has 0 saturated carbocycles. The average molecular weight is 463 g/mol. The fraction of sp³-hybridized carbons (Fsp3) is 0.370. The van der Waals surface area contributed by atoms with Gasteiger partial charge in [-0.25, -0.2) is 9.97 Å². The monoisotopic (exact) mass is 462 g/mol. The molecule has 0 saturated heterocycles. The van der Waals surface area contributed by atoms with Crippen LogP contribution in [0.15, 0.2) is 42.5 Å². The second kappa shape index (κ2) is 10.8. The van der Waals surface area contributed by atoms with Gasteiger partial charge in [0.1, 0.15) is 0 Å². The topological polar surface area (TPSA) is 80.9 Å². The molecule has 0 bridgehead atoms. The van der Waals surface area contributed by atoms with E-state index in [1.54, 1.807) is 12.1 Å². The molecule has 1 aliphatic carbocycles. The third kappa shape index (κ3) is 5.91. The van der Waals surface area contributed by atoms with Crippen LogP contribution in [0.5, 0.6) is 0 Å². The fourth-order valence-electron chi connectivity index (χ4n) is 4.33. The summed E-state index contributed by atoms with van der Waals surface area (Å²) in [7, 11) is 0. The zero-order chi connectivity index (χ0) is 23.2. The van der Waals surface area contributed by atoms with Gasteiger partial charge in [0.05, 0.1) is 23.5 Å². The first-order valence-electron chi connectivity index (χ1n) is 11.9. The highest BCUT2D eigenvalue weighted by Crippen LogP contribution is 2.34. The van der Waals surface area contributed by atoms with Gasteiger partial charge >= 0.3 is 0 Å². The van der Waals surface area contributed by atoms with E-state index in [1.165, 1.54) is 24.8 Å². The Hall–Kier alpha value is -2.92. The maximum absolute atomic E-state index is 12.8. The van der Waals surface area contributed by atoms with Gasteiger partial charge in [-0.15, -0.1) is 0 Å². The largest absolute Gasteiger partial charge is 0.399 e. The molecule has 3 N–H and O–H groups in total. The summed E-state index contributed by atoms with van der Waals surface area (Å²) in [5.74, 6) is 0.505. The normalized spacial score (nSPS) is 12.2. The number of nitrogens with two attached hydrogens (primary N) is 1. The number of nitrogens with zero attached hydrogens (tertiary/aromatic N) is 2. The highest BCUT2D eigenvalue weighted by atomic mass is 35.5. The number of amides is 1. The molecule has 1 amide bonds. The Bertz CT molecular complexity index is 1130. The minimum Gasteiger partial charge on any atom is -0.399 e. The van der Waals surface area contributed by atoms with E-state index < -0.39 is 0 Å². The summed E-state index contributed by atoms with van der Waals surface area (Å²) in [5, 5.41) is 3.70. The van der Waals surface area contributed by atoms with Crippen molar-refractivity contribution in [2.75, 3.05) is 11.1 Å². The Kier molecular flexibility index (Phi) is 7.61. The number of fused-ring (bicyclic) bond motifs is 3. The van der Waals surface area contributed by atoms with Crippen molar-refractivity contribution in [3.05, 3.63) is 70.0 Å². The molecule has 4 rings (SSSR count). The van der Waals surface area contributed by atoms with Crippen molar-refractivity contribution in [2.45, 2.75) is 64.7 Å². The number of hydrogen-bond acceptors (Lipinski definition) is 4. The molecule has 0 spiro atoms. The molecule has 172 valence electrons. The molecule has 0 radical (unpaired) electrons. The van der Waals surface area contributed by atoms with Gasteiger partial charge in [-0.05, 0) is 61.1 Å². The van der Waals surface area contributed by atoms with Crippen molar-refractivity contribution < 1.29 is 4.79 Å². The standard InChI is InChI=1S/C27H31ClN4O/c1-2-3-4-5-6-7-24-27(32-25(33)16-18-8-11-20(28)12-9-18)31-23-15-10-19-17-21(29)13-14-22(19)26(23)30-24/h8-9,11-14,17H,2-7,10,15-16,29H2,1H3,(H,31,32,33). The van der Waals surface area contributed by atoms with Gasteiger partial charge in [0.2, 0.25) is 5.91 Å². The summed E-state index contributed by atoms with van der Waals surface area (Å²) in [6.45, 7) is 2.22. The van der Waals surface area contributed by atoms with Crippen LogP contribution in [0.2, 0.25) is 5.02 Å². The number of nitrogen functional groups attached to an aromatic ring is 1. The zero-order valence-electron chi connectivity index (χ0n) is 19.2. The Balaban J connectivity index is 1.58. The molecule has 33 heavy (non-hydrogen) atoms. The molecule has 1 aliphatic rings. The molecule has 6 heteroatoms. The number of hydrogen-bond donors (Lipinski definition) is 2. The molecule has 0 atom stereocenters. The van der Waals surface area contributed by atoms with E-state index in [0.717, 1.165) is 66.0 Å². The molecular formula is C27H31ClN4O. The van der Waals surface area contributed by atoms with Crippen LogP contribution in [0.25, 0.3) is 11.3 Å². The first-order valence-corrected chi connectivity index (χ1v) is 12.2. The number of carbonyl (C=O) groups is 1. The fourth-order valence-corrected chi connectivity index (χ4v) is 4.46. The van der Waals surface area contributed by atoms with E-state index in [0.29, 0.717) is 10.8 Å². The maximum Gasteiger partial charge on any atom is 0.229 e. The van der Waals surface area contributed by atoms with Crippen LogP contribution in [0.4, 0.5) is 11.5 Å². The van der Waals surface area contributed by atoms with Crippen LogP contribution in [-0.2, 0) is 30.5 Å². The van der Waals surface area contributed by atoms with Gasteiger partial charge in [0, 0.05) is 16.3 Å². The lowest BCUT2D eigenvalue weighted by atomic mass is 9.91. The third-order valence-corrected chi connectivity index (χ3v) is 6.36.